The Morgan fingerprint density at radius 2 is 2.29 bits per heavy atom. The predicted octanol–water partition coefficient (Wildman–Crippen LogP) is 0.183. The summed E-state index contributed by atoms with van der Waals surface area (Å²) >= 11 is 0. The molecule has 74 valence electrons. The zero-order valence-electron chi connectivity index (χ0n) is 8.18. The maximum absolute atomic E-state index is 9.62. The number of nitrogens with two attached hydrogens (primary N) is 1. The molecule has 2 unspecified atom stereocenters. The van der Waals surface area contributed by atoms with Crippen LogP contribution < -0.4 is 11.2 Å². The molecule has 0 saturated carbocycles. The molecular formula is C10H14BNO2. The van der Waals surface area contributed by atoms with Crippen molar-refractivity contribution < 1.29 is 9.68 Å². The SMILES string of the molecule is CCC(N)C1OB(O)c2ccccc21. The van der Waals surface area contributed by atoms with Gasteiger partial charge in [0.2, 0.25) is 0 Å². The number of rotatable bonds is 2. The molecule has 2 atom stereocenters. The van der Waals surface area contributed by atoms with E-state index in [0.29, 0.717) is 0 Å². The molecule has 0 aromatic heterocycles. The Kier molecular flexibility index (Phi) is 2.59. The number of fused-ring (bicyclic) bond motifs is 1. The third-order valence-electron chi connectivity index (χ3n) is 2.70. The molecule has 14 heavy (non-hydrogen) atoms. The number of hydrogen-bond acceptors (Lipinski definition) is 3. The Morgan fingerprint density at radius 3 is 3.00 bits per heavy atom. The molecule has 1 aliphatic heterocycles. The Morgan fingerprint density at radius 1 is 1.57 bits per heavy atom. The predicted molar refractivity (Wildman–Crippen MR) is 56.1 cm³/mol. The largest absolute Gasteiger partial charge is 0.492 e. The summed E-state index contributed by atoms with van der Waals surface area (Å²) in [7, 11) is -0.811. The van der Waals surface area contributed by atoms with E-state index in [-0.39, 0.29) is 12.1 Å². The minimum Gasteiger partial charge on any atom is -0.423 e. The van der Waals surface area contributed by atoms with Crippen LogP contribution in [0.5, 0.6) is 0 Å². The first-order chi connectivity index (χ1) is 6.74. The van der Waals surface area contributed by atoms with Gasteiger partial charge in [0.1, 0.15) is 0 Å². The fourth-order valence-electron chi connectivity index (χ4n) is 1.83. The molecule has 0 spiro atoms. The molecular weight excluding hydrogens is 177 g/mol. The van der Waals surface area contributed by atoms with Gasteiger partial charge in [0.25, 0.3) is 0 Å². The molecule has 0 radical (unpaired) electrons. The van der Waals surface area contributed by atoms with Crippen LogP contribution >= 0.6 is 0 Å². The van der Waals surface area contributed by atoms with Crippen LogP contribution in [-0.2, 0) is 4.65 Å². The van der Waals surface area contributed by atoms with Crippen LogP contribution in [0.2, 0.25) is 0 Å². The zero-order valence-corrected chi connectivity index (χ0v) is 8.18. The van der Waals surface area contributed by atoms with Crippen LogP contribution in [0.25, 0.3) is 0 Å². The van der Waals surface area contributed by atoms with Gasteiger partial charge in [0, 0.05) is 6.04 Å². The second kappa shape index (κ2) is 3.73. The van der Waals surface area contributed by atoms with Crippen molar-refractivity contribution in [1.29, 1.82) is 0 Å². The second-order valence-corrected chi connectivity index (χ2v) is 3.61. The van der Waals surface area contributed by atoms with E-state index in [4.69, 9.17) is 10.4 Å². The van der Waals surface area contributed by atoms with Crippen LogP contribution in [0, 0.1) is 0 Å². The lowest BCUT2D eigenvalue weighted by Gasteiger charge is -2.18. The van der Waals surface area contributed by atoms with Gasteiger partial charge in [0.15, 0.2) is 0 Å². The van der Waals surface area contributed by atoms with Crippen molar-refractivity contribution >= 4 is 12.6 Å². The minimum absolute atomic E-state index is 0.0479. The summed E-state index contributed by atoms with van der Waals surface area (Å²) in [6, 6.07) is 7.63. The molecule has 1 heterocycles. The normalized spacial score (nSPS) is 22.2. The van der Waals surface area contributed by atoms with Gasteiger partial charge >= 0.3 is 7.12 Å². The van der Waals surface area contributed by atoms with Crippen LogP contribution in [0.15, 0.2) is 24.3 Å². The van der Waals surface area contributed by atoms with Crippen LogP contribution in [0.3, 0.4) is 0 Å². The van der Waals surface area contributed by atoms with Gasteiger partial charge in [-0.2, -0.15) is 0 Å². The molecule has 3 nitrogen and oxygen atoms in total. The van der Waals surface area contributed by atoms with Gasteiger partial charge in [0.05, 0.1) is 6.10 Å². The van der Waals surface area contributed by atoms with E-state index < -0.39 is 7.12 Å². The fourth-order valence-corrected chi connectivity index (χ4v) is 1.83. The minimum atomic E-state index is -0.811. The lowest BCUT2D eigenvalue weighted by molar-refractivity contribution is 0.159. The van der Waals surface area contributed by atoms with Crippen molar-refractivity contribution in [2.24, 2.45) is 5.73 Å². The quantitative estimate of drug-likeness (QED) is 0.655. The molecule has 0 saturated heterocycles. The Bertz CT molecular complexity index is 332. The number of hydrogen-bond donors (Lipinski definition) is 2. The van der Waals surface area contributed by atoms with Crippen LogP contribution in [-0.4, -0.2) is 18.2 Å². The summed E-state index contributed by atoms with van der Waals surface area (Å²) in [5, 5.41) is 9.62. The first kappa shape index (κ1) is 9.71. The third kappa shape index (κ3) is 1.45. The molecule has 3 N–H and O–H groups in total. The Labute approximate surface area is 84.0 Å². The maximum Gasteiger partial charge on any atom is 0.492 e. The topological polar surface area (TPSA) is 55.5 Å². The van der Waals surface area contributed by atoms with Crippen molar-refractivity contribution in [1.82, 2.24) is 0 Å². The molecule has 4 heteroatoms. The van der Waals surface area contributed by atoms with Crippen LogP contribution in [0.4, 0.5) is 0 Å². The molecule has 1 aromatic carbocycles. The van der Waals surface area contributed by atoms with Crippen molar-refractivity contribution in [2.45, 2.75) is 25.5 Å². The zero-order chi connectivity index (χ0) is 10.1. The molecule has 0 amide bonds. The molecule has 1 aliphatic rings. The summed E-state index contributed by atoms with van der Waals surface area (Å²) < 4.78 is 5.41. The lowest BCUT2D eigenvalue weighted by atomic mass is 9.79. The standard InChI is InChI=1S/C10H14BNO2/c1-2-9(12)10-7-5-3-4-6-8(7)11(13)14-10/h3-6,9-10,13H,2,12H2,1H3. The first-order valence-electron chi connectivity index (χ1n) is 4.92. The van der Waals surface area contributed by atoms with E-state index >= 15 is 0 Å². The highest BCUT2D eigenvalue weighted by atomic mass is 16.5. The Hall–Kier alpha value is -0.835. The highest BCUT2D eigenvalue weighted by Gasteiger charge is 2.36. The van der Waals surface area contributed by atoms with E-state index in [0.717, 1.165) is 17.4 Å². The average Bonchev–Trinajstić information content (AvgIpc) is 2.56. The first-order valence-corrected chi connectivity index (χ1v) is 4.92. The van der Waals surface area contributed by atoms with Crippen molar-refractivity contribution in [3.63, 3.8) is 0 Å². The van der Waals surface area contributed by atoms with E-state index in [9.17, 15) is 5.02 Å². The van der Waals surface area contributed by atoms with Crippen molar-refractivity contribution in [2.75, 3.05) is 0 Å². The molecule has 0 fully saturated rings. The van der Waals surface area contributed by atoms with E-state index in [1.54, 1.807) is 0 Å². The van der Waals surface area contributed by atoms with E-state index in [1.165, 1.54) is 0 Å². The summed E-state index contributed by atoms with van der Waals surface area (Å²) in [5.74, 6) is 0. The van der Waals surface area contributed by atoms with Crippen molar-refractivity contribution in [3.8, 4) is 0 Å². The van der Waals surface area contributed by atoms with Gasteiger partial charge in [-0.3, -0.25) is 0 Å². The van der Waals surface area contributed by atoms with Crippen molar-refractivity contribution in [3.05, 3.63) is 29.8 Å². The monoisotopic (exact) mass is 191 g/mol. The molecule has 0 aliphatic carbocycles. The van der Waals surface area contributed by atoms with E-state index in [1.807, 2.05) is 31.2 Å². The number of benzene rings is 1. The summed E-state index contributed by atoms with van der Waals surface area (Å²) in [6.07, 6.45) is 0.678. The smallest absolute Gasteiger partial charge is 0.423 e. The summed E-state index contributed by atoms with van der Waals surface area (Å²) in [4.78, 5) is 0. The van der Waals surface area contributed by atoms with Crippen LogP contribution in [0.1, 0.15) is 25.0 Å². The summed E-state index contributed by atoms with van der Waals surface area (Å²) in [5.41, 5.74) is 7.79. The average molecular weight is 191 g/mol. The van der Waals surface area contributed by atoms with Gasteiger partial charge in [-0.05, 0) is 17.4 Å². The second-order valence-electron chi connectivity index (χ2n) is 3.61. The van der Waals surface area contributed by atoms with Gasteiger partial charge in [-0.15, -0.1) is 0 Å². The third-order valence-corrected chi connectivity index (χ3v) is 2.70. The summed E-state index contributed by atoms with van der Waals surface area (Å²) in [6.45, 7) is 2.02. The van der Waals surface area contributed by atoms with E-state index in [2.05, 4.69) is 0 Å². The Balaban J connectivity index is 2.34. The lowest BCUT2D eigenvalue weighted by Crippen LogP contribution is -2.30. The molecule has 1 aromatic rings. The van der Waals surface area contributed by atoms with Gasteiger partial charge in [-0.1, -0.05) is 31.2 Å². The molecule has 0 bridgehead atoms. The maximum atomic E-state index is 9.62. The molecule has 2 rings (SSSR count). The van der Waals surface area contributed by atoms with Gasteiger partial charge in [-0.25, -0.2) is 0 Å². The highest BCUT2D eigenvalue weighted by molar-refractivity contribution is 6.61. The highest BCUT2D eigenvalue weighted by Crippen LogP contribution is 2.26. The fraction of sp³-hybridized carbons (Fsp3) is 0.400. The van der Waals surface area contributed by atoms with Gasteiger partial charge < -0.3 is 15.4 Å².